The van der Waals surface area contributed by atoms with E-state index in [2.05, 4.69) is 20.5 Å². The molecule has 1 rings (SSSR count). The van der Waals surface area contributed by atoms with Gasteiger partial charge < -0.3 is 15.2 Å². The second kappa shape index (κ2) is 5.94. The number of H-pyrrole nitrogens is 1. The van der Waals surface area contributed by atoms with E-state index in [1.165, 1.54) is 7.11 Å². The van der Waals surface area contributed by atoms with Crippen LogP contribution in [0.15, 0.2) is 0 Å². The molecule has 3 N–H and O–H groups in total. The second-order valence-electron chi connectivity index (χ2n) is 3.41. The van der Waals surface area contributed by atoms with E-state index in [-0.39, 0.29) is 18.8 Å². The molecule has 94 valence electrons. The van der Waals surface area contributed by atoms with Gasteiger partial charge in [-0.2, -0.15) is 0 Å². The number of hydrogen-bond acceptors (Lipinski definition) is 5. The Morgan fingerprint density at radius 1 is 1.59 bits per heavy atom. The standard InChI is InChI=1S/C9H14N4O4/c1-5-11-8(13-12-5)9(16)10-4-6(17-2)3-7(14)15/h6H,3-4H2,1-2H3,(H,10,16)(H,14,15)(H,11,12,13). The van der Waals surface area contributed by atoms with E-state index >= 15 is 0 Å². The van der Waals surface area contributed by atoms with Crippen LogP contribution in [0.5, 0.6) is 0 Å². The van der Waals surface area contributed by atoms with Crippen LogP contribution in [0.1, 0.15) is 22.9 Å². The molecule has 0 spiro atoms. The maximum absolute atomic E-state index is 11.5. The van der Waals surface area contributed by atoms with E-state index in [1.807, 2.05) is 0 Å². The van der Waals surface area contributed by atoms with Gasteiger partial charge in [-0.1, -0.05) is 0 Å². The van der Waals surface area contributed by atoms with Gasteiger partial charge in [0.1, 0.15) is 5.82 Å². The lowest BCUT2D eigenvalue weighted by molar-refractivity contribution is -0.139. The van der Waals surface area contributed by atoms with E-state index < -0.39 is 18.0 Å². The Morgan fingerprint density at radius 2 is 2.29 bits per heavy atom. The summed E-state index contributed by atoms with van der Waals surface area (Å²) in [5, 5.41) is 17.3. The molecule has 8 nitrogen and oxygen atoms in total. The Kier molecular flexibility index (Phi) is 4.58. The summed E-state index contributed by atoms with van der Waals surface area (Å²) in [6.45, 7) is 1.77. The molecule has 8 heteroatoms. The van der Waals surface area contributed by atoms with Crippen molar-refractivity contribution in [1.29, 1.82) is 0 Å². The minimum atomic E-state index is -0.986. The largest absolute Gasteiger partial charge is 0.481 e. The third-order valence-electron chi connectivity index (χ3n) is 2.03. The number of carbonyl (C=O) groups is 2. The van der Waals surface area contributed by atoms with Gasteiger partial charge in [0.15, 0.2) is 0 Å². The fourth-order valence-electron chi connectivity index (χ4n) is 1.16. The number of nitrogens with zero attached hydrogens (tertiary/aromatic N) is 2. The highest BCUT2D eigenvalue weighted by Gasteiger charge is 2.16. The van der Waals surface area contributed by atoms with Crippen LogP contribution >= 0.6 is 0 Å². The van der Waals surface area contributed by atoms with Gasteiger partial charge in [-0.3, -0.25) is 14.7 Å². The summed E-state index contributed by atoms with van der Waals surface area (Å²) in [5.41, 5.74) is 0. The summed E-state index contributed by atoms with van der Waals surface area (Å²) < 4.78 is 4.91. The molecule has 0 saturated carbocycles. The molecule has 1 atom stereocenters. The van der Waals surface area contributed by atoms with Gasteiger partial charge in [0.25, 0.3) is 5.91 Å². The van der Waals surface area contributed by atoms with Gasteiger partial charge in [-0.15, -0.1) is 5.10 Å². The number of hydrogen-bond donors (Lipinski definition) is 3. The summed E-state index contributed by atoms with van der Waals surface area (Å²) in [4.78, 5) is 25.8. The number of carboxylic acid groups (broad SMARTS) is 1. The van der Waals surface area contributed by atoms with Crippen molar-refractivity contribution in [3.63, 3.8) is 0 Å². The molecule has 0 aliphatic heterocycles. The van der Waals surface area contributed by atoms with Crippen molar-refractivity contribution in [2.24, 2.45) is 0 Å². The van der Waals surface area contributed by atoms with Crippen LogP contribution in [0, 0.1) is 6.92 Å². The number of carboxylic acids is 1. The van der Waals surface area contributed by atoms with Crippen molar-refractivity contribution >= 4 is 11.9 Å². The van der Waals surface area contributed by atoms with Crippen molar-refractivity contribution in [3.8, 4) is 0 Å². The number of aromatic nitrogens is 3. The highest BCUT2D eigenvalue weighted by Crippen LogP contribution is 1.97. The lowest BCUT2D eigenvalue weighted by atomic mass is 10.2. The molecule has 0 aromatic carbocycles. The Balaban J connectivity index is 2.44. The predicted molar refractivity (Wildman–Crippen MR) is 56.5 cm³/mol. The minimum absolute atomic E-state index is 0.0210. The molecule has 1 unspecified atom stereocenters. The first-order chi connectivity index (χ1) is 8.02. The van der Waals surface area contributed by atoms with E-state index in [4.69, 9.17) is 9.84 Å². The lowest BCUT2D eigenvalue weighted by Gasteiger charge is -2.12. The Hall–Kier alpha value is -1.96. The topological polar surface area (TPSA) is 117 Å². The van der Waals surface area contributed by atoms with Gasteiger partial charge in [0.2, 0.25) is 5.82 Å². The van der Waals surface area contributed by atoms with Crippen LogP contribution in [0.2, 0.25) is 0 Å². The summed E-state index contributed by atoms with van der Waals surface area (Å²) in [6.07, 6.45) is -0.749. The van der Waals surface area contributed by atoms with E-state index in [9.17, 15) is 9.59 Å². The molecule has 1 amide bonds. The number of rotatable bonds is 6. The third kappa shape index (κ3) is 4.19. The molecule has 0 aliphatic carbocycles. The van der Waals surface area contributed by atoms with Gasteiger partial charge in [-0.05, 0) is 6.92 Å². The zero-order chi connectivity index (χ0) is 12.8. The van der Waals surface area contributed by atoms with Crippen LogP contribution in [0.25, 0.3) is 0 Å². The molecule has 0 bridgehead atoms. The second-order valence-corrected chi connectivity index (χ2v) is 3.41. The summed E-state index contributed by atoms with van der Waals surface area (Å²) in [6, 6.07) is 0. The molecule has 0 fully saturated rings. The van der Waals surface area contributed by atoms with E-state index in [1.54, 1.807) is 6.92 Å². The fourth-order valence-corrected chi connectivity index (χ4v) is 1.16. The minimum Gasteiger partial charge on any atom is -0.481 e. The molecule has 0 radical (unpaired) electrons. The van der Waals surface area contributed by atoms with Crippen molar-refractivity contribution in [1.82, 2.24) is 20.5 Å². The van der Waals surface area contributed by atoms with Gasteiger partial charge >= 0.3 is 5.97 Å². The van der Waals surface area contributed by atoms with Crippen molar-refractivity contribution in [2.45, 2.75) is 19.4 Å². The van der Waals surface area contributed by atoms with Gasteiger partial charge in [-0.25, -0.2) is 4.98 Å². The zero-order valence-electron chi connectivity index (χ0n) is 9.56. The van der Waals surface area contributed by atoms with Crippen LogP contribution in [-0.2, 0) is 9.53 Å². The van der Waals surface area contributed by atoms with E-state index in [0.29, 0.717) is 5.82 Å². The normalized spacial score (nSPS) is 12.1. The Bertz CT molecular complexity index is 403. The predicted octanol–water partition coefficient (Wildman–Crippen LogP) is -0.667. The molecule has 1 aromatic rings. The third-order valence-corrected chi connectivity index (χ3v) is 2.03. The zero-order valence-corrected chi connectivity index (χ0v) is 9.56. The molecular formula is C9H14N4O4. The van der Waals surface area contributed by atoms with Crippen molar-refractivity contribution in [2.75, 3.05) is 13.7 Å². The SMILES string of the molecule is COC(CNC(=O)c1n[nH]c(C)n1)CC(=O)O. The number of aromatic amines is 1. The average molecular weight is 242 g/mol. The number of methoxy groups -OCH3 is 1. The van der Waals surface area contributed by atoms with Gasteiger partial charge in [0.05, 0.1) is 12.5 Å². The van der Waals surface area contributed by atoms with Crippen molar-refractivity contribution < 1.29 is 19.4 Å². The summed E-state index contributed by atoms with van der Waals surface area (Å²) in [7, 11) is 1.39. The Morgan fingerprint density at radius 3 is 2.76 bits per heavy atom. The number of amides is 1. The lowest BCUT2D eigenvalue weighted by Crippen LogP contribution is -2.35. The van der Waals surface area contributed by atoms with Crippen LogP contribution < -0.4 is 5.32 Å². The number of aliphatic carboxylic acids is 1. The number of carbonyl (C=O) groups excluding carboxylic acids is 1. The highest BCUT2D eigenvalue weighted by atomic mass is 16.5. The van der Waals surface area contributed by atoms with Crippen LogP contribution in [0.4, 0.5) is 0 Å². The molecular weight excluding hydrogens is 228 g/mol. The quantitative estimate of drug-likeness (QED) is 0.609. The fraction of sp³-hybridized carbons (Fsp3) is 0.556. The highest BCUT2D eigenvalue weighted by molar-refractivity contribution is 5.90. The maximum Gasteiger partial charge on any atom is 0.306 e. The monoisotopic (exact) mass is 242 g/mol. The Labute approximate surface area is 97.4 Å². The smallest absolute Gasteiger partial charge is 0.306 e. The van der Waals surface area contributed by atoms with Crippen LogP contribution in [0.3, 0.4) is 0 Å². The first kappa shape index (κ1) is 13.1. The molecule has 1 heterocycles. The summed E-state index contributed by atoms with van der Waals surface area (Å²) in [5.74, 6) is -0.904. The van der Waals surface area contributed by atoms with Crippen molar-refractivity contribution in [3.05, 3.63) is 11.6 Å². The maximum atomic E-state index is 11.5. The average Bonchev–Trinajstić information content (AvgIpc) is 2.70. The first-order valence-corrected chi connectivity index (χ1v) is 4.94. The molecule has 0 saturated heterocycles. The molecule has 0 aliphatic rings. The van der Waals surface area contributed by atoms with Crippen LogP contribution in [-0.4, -0.2) is 51.9 Å². The first-order valence-electron chi connectivity index (χ1n) is 4.94. The number of nitrogens with one attached hydrogen (secondary N) is 2. The molecule has 17 heavy (non-hydrogen) atoms. The van der Waals surface area contributed by atoms with Gasteiger partial charge in [0, 0.05) is 13.7 Å². The summed E-state index contributed by atoms with van der Waals surface area (Å²) >= 11 is 0. The number of aryl methyl sites for hydroxylation is 1. The van der Waals surface area contributed by atoms with E-state index in [0.717, 1.165) is 0 Å². The number of ether oxygens (including phenoxy) is 1. The molecule has 1 aromatic heterocycles.